The van der Waals surface area contributed by atoms with Crippen LogP contribution in [0.4, 0.5) is 4.79 Å². The lowest BCUT2D eigenvalue weighted by Gasteiger charge is -2.28. The topological polar surface area (TPSA) is 62.4 Å². The van der Waals surface area contributed by atoms with Gasteiger partial charge in [0, 0.05) is 32.2 Å². The highest BCUT2D eigenvalue weighted by atomic mass is 16.5. The lowest BCUT2D eigenvalue weighted by atomic mass is 10.0. The number of rotatable bonds is 3. The molecule has 15 heavy (non-hydrogen) atoms. The second kappa shape index (κ2) is 5.32. The van der Waals surface area contributed by atoms with Crippen molar-refractivity contribution < 1.29 is 9.53 Å². The molecule has 0 aliphatic carbocycles. The fraction of sp³-hybridized carbons (Fsp3) is 0.900. The van der Waals surface area contributed by atoms with Gasteiger partial charge in [-0.25, -0.2) is 4.79 Å². The molecule has 0 spiro atoms. The van der Waals surface area contributed by atoms with Crippen molar-refractivity contribution in [2.24, 2.45) is 5.92 Å². The lowest BCUT2D eigenvalue weighted by Crippen LogP contribution is -2.51. The molecule has 3 N–H and O–H groups in total. The van der Waals surface area contributed by atoms with Crippen molar-refractivity contribution in [2.75, 3.05) is 26.2 Å². The van der Waals surface area contributed by atoms with Gasteiger partial charge in [0.15, 0.2) is 0 Å². The third kappa shape index (κ3) is 3.35. The Kier molecular flexibility index (Phi) is 3.80. The van der Waals surface area contributed by atoms with Crippen molar-refractivity contribution in [3.8, 4) is 0 Å². The van der Waals surface area contributed by atoms with Crippen LogP contribution in [0.25, 0.3) is 0 Å². The van der Waals surface area contributed by atoms with Gasteiger partial charge in [-0.2, -0.15) is 0 Å². The van der Waals surface area contributed by atoms with Crippen LogP contribution >= 0.6 is 0 Å². The van der Waals surface area contributed by atoms with E-state index in [2.05, 4.69) is 16.0 Å². The number of nitrogens with one attached hydrogen (secondary N) is 3. The van der Waals surface area contributed by atoms with Crippen LogP contribution in [0, 0.1) is 5.92 Å². The molecule has 2 aliphatic rings. The van der Waals surface area contributed by atoms with Crippen molar-refractivity contribution in [1.82, 2.24) is 16.0 Å². The maximum atomic E-state index is 11.4. The molecule has 0 aromatic carbocycles. The number of urea groups is 1. The molecule has 5 heteroatoms. The highest BCUT2D eigenvalue weighted by molar-refractivity contribution is 5.74. The lowest BCUT2D eigenvalue weighted by molar-refractivity contribution is 0.00225. The minimum atomic E-state index is -0.103. The zero-order chi connectivity index (χ0) is 10.5. The molecule has 2 saturated heterocycles. The molecule has 1 atom stereocenters. The van der Waals surface area contributed by atoms with Crippen molar-refractivity contribution in [3.05, 3.63) is 0 Å². The summed E-state index contributed by atoms with van der Waals surface area (Å²) in [7, 11) is 0. The molecule has 2 amide bonds. The molecular formula is C10H19N3O2. The minimum absolute atomic E-state index is 0.0849. The van der Waals surface area contributed by atoms with Crippen LogP contribution < -0.4 is 16.0 Å². The Morgan fingerprint density at radius 3 is 2.87 bits per heavy atom. The first-order valence-electron chi connectivity index (χ1n) is 5.71. The predicted octanol–water partition coefficient (Wildman–Crippen LogP) is 0.0316. The van der Waals surface area contributed by atoms with Crippen molar-refractivity contribution >= 4 is 6.03 Å². The fourth-order valence-corrected chi connectivity index (χ4v) is 1.78. The van der Waals surface area contributed by atoms with Gasteiger partial charge in [0.05, 0.1) is 0 Å². The normalized spacial score (nSPS) is 26.8. The largest absolute Gasteiger partial charge is 0.358 e. The second-order valence-electron chi connectivity index (χ2n) is 4.23. The van der Waals surface area contributed by atoms with E-state index in [1.165, 1.54) is 0 Å². The average Bonchev–Trinajstić information content (AvgIpc) is 2.17. The third-order valence-electron chi connectivity index (χ3n) is 2.89. The Labute approximate surface area is 89.9 Å². The molecule has 0 saturated carbocycles. The van der Waals surface area contributed by atoms with E-state index in [9.17, 15) is 4.79 Å². The second-order valence-corrected chi connectivity index (χ2v) is 4.23. The Morgan fingerprint density at radius 2 is 2.27 bits per heavy atom. The Bertz CT molecular complexity index is 213. The van der Waals surface area contributed by atoms with Gasteiger partial charge < -0.3 is 20.7 Å². The molecule has 2 aliphatic heterocycles. The van der Waals surface area contributed by atoms with Crippen LogP contribution in [0.3, 0.4) is 0 Å². The molecule has 5 nitrogen and oxygen atoms in total. The molecule has 0 bridgehead atoms. The van der Waals surface area contributed by atoms with Gasteiger partial charge in [-0.1, -0.05) is 0 Å². The maximum absolute atomic E-state index is 11.4. The molecule has 2 rings (SSSR count). The van der Waals surface area contributed by atoms with E-state index in [1.54, 1.807) is 0 Å². The summed E-state index contributed by atoms with van der Waals surface area (Å²) in [6, 6.07) is -0.103. The zero-order valence-corrected chi connectivity index (χ0v) is 8.92. The summed E-state index contributed by atoms with van der Waals surface area (Å²) in [5.74, 6) is 0.600. The zero-order valence-electron chi connectivity index (χ0n) is 8.92. The molecule has 0 aromatic rings. The Hall–Kier alpha value is -0.810. The summed E-state index contributed by atoms with van der Waals surface area (Å²) in [5.41, 5.74) is 0. The van der Waals surface area contributed by atoms with Crippen LogP contribution in [0.15, 0.2) is 0 Å². The third-order valence-corrected chi connectivity index (χ3v) is 2.89. The molecule has 2 heterocycles. The summed E-state index contributed by atoms with van der Waals surface area (Å²) in [5, 5.41) is 8.86. The number of carbonyl (C=O) groups is 1. The summed E-state index contributed by atoms with van der Waals surface area (Å²) in [6.45, 7) is 3.55. The van der Waals surface area contributed by atoms with Crippen LogP contribution in [0.5, 0.6) is 0 Å². The standard InChI is InChI=1S/C10H19N3O2/c14-10(12-7-8-5-11-6-8)13-9-3-1-2-4-15-9/h8-9,11H,1-7H2,(H2,12,13,14). The number of hydrogen-bond donors (Lipinski definition) is 3. The molecule has 86 valence electrons. The highest BCUT2D eigenvalue weighted by Crippen LogP contribution is 2.09. The van der Waals surface area contributed by atoms with E-state index in [0.717, 1.165) is 45.5 Å². The average molecular weight is 213 g/mol. The maximum Gasteiger partial charge on any atom is 0.316 e. The van der Waals surface area contributed by atoms with E-state index in [1.807, 2.05) is 0 Å². The van der Waals surface area contributed by atoms with E-state index in [0.29, 0.717) is 5.92 Å². The highest BCUT2D eigenvalue weighted by Gasteiger charge is 2.19. The minimum Gasteiger partial charge on any atom is -0.358 e. The summed E-state index contributed by atoms with van der Waals surface area (Å²) < 4.78 is 5.41. The van der Waals surface area contributed by atoms with Gasteiger partial charge in [0.1, 0.15) is 6.23 Å². The van der Waals surface area contributed by atoms with E-state index in [4.69, 9.17) is 4.74 Å². The quantitative estimate of drug-likeness (QED) is 0.620. The molecule has 0 radical (unpaired) electrons. The van der Waals surface area contributed by atoms with E-state index >= 15 is 0 Å². The van der Waals surface area contributed by atoms with Crippen LogP contribution in [-0.4, -0.2) is 38.5 Å². The van der Waals surface area contributed by atoms with Crippen LogP contribution in [-0.2, 0) is 4.74 Å². The van der Waals surface area contributed by atoms with Gasteiger partial charge >= 0.3 is 6.03 Å². The predicted molar refractivity (Wildman–Crippen MR) is 56.5 cm³/mol. The Balaban J connectivity index is 1.58. The monoisotopic (exact) mass is 213 g/mol. The van der Waals surface area contributed by atoms with Crippen molar-refractivity contribution in [3.63, 3.8) is 0 Å². The SMILES string of the molecule is O=C(NCC1CNC1)NC1CCCCO1. The smallest absolute Gasteiger partial charge is 0.316 e. The van der Waals surface area contributed by atoms with Gasteiger partial charge in [-0.15, -0.1) is 0 Å². The molecular weight excluding hydrogens is 194 g/mol. The summed E-state index contributed by atoms with van der Waals surface area (Å²) >= 11 is 0. The van der Waals surface area contributed by atoms with Gasteiger partial charge in [-0.3, -0.25) is 0 Å². The molecule has 1 unspecified atom stereocenters. The van der Waals surface area contributed by atoms with Crippen LogP contribution in [0.1, 0.15) is 19.3 Å². The number of amides is 2. The Morgan fingerprint density at radius 1 is 1.40 bits per heavy atom. The van der Waals surface area contributed by atoms with Gasteiger partial charge in [0.2, 0.25) is 0 Å². The van der Waals surface area contributed by atoms with Crippen molar-refractivity contribution in [2.45, 2.75) is 25.5 Å². The van der Waals surface area contributed by atoms with E-state index < -0.39 is 0 Å². The summed E-state index contributed by atoms with van der Waals surface area (Å²) in [6.07, 6.45) is 3.09. The van der Waals surface area contributed by atoms with Crippen LogP contribution in [0.2, 0.25) is 0 Å². The first kappa shape index (κ1) is 10.7. The van der Waals surface area contributed by atoms with E-state index in [-0.39, 0.29) is 12.3 Å². The molecule has 2 fully saturated rings. The summed E-state index contributed by atoms with van der Waals surface area (Å²) in [4.78, 5) is 11.4. The number of hydrogen-bond acceptors (Lipinski definition) is 3. The van der Waals surface area contributed by atoms with Gasteiger partial charge in [-0.05, 0) is 19.3 Å². The molecule has 0 aromatic heterocycles. The number of carbonyl (C=O) groups excluding carboxylic acids is 1. The number of ether oxygens (including phenoxy) is 1. The fourth-order valence-electron chi connectivity index (χ4n) is 1.78. The first-order chi connectivity index (χ1) is 7.34. The van der Waals surface area contributed by atoms with Crippen molar-refractivity contribution in [1.29, 1.82) is 0 Å². The first-order valence-corrected chi connectivity index (χ1v) is 5.71. The van der Waals surface area contributed by atoms with Gasteiger partial charge in [0.25, 0.3) is 0 Å².